The fourth-order valence-electron chi connectivity index (χ4n) is 6.12. The van der Waals surface area contributed by atoms with E-state index in [-0.39, 0.29) is 29.6 Å². The number of carbonyl (C=O) groups is 1. The van der Waals surface area contributed by atoms with Crippen LogP contribution in [0.4, 0.5) is 10.2 Å². The highest BCUT2D eigenvalue weighted by Gasteiger charge is 2.33. The monoisotopic (exact) mass is 541 g/mol. The number of pyridine rings is 2. The molecule has 1 atom stereocenters. The number of hydrogen-bond donors (Lipinski definition) is 3. The minimum atomic E-state index is -0.336. The molecule has 10 heteroatoms. The Balaban J connectivity index is 1.49. The van der Waals surface area contributed by atoms with Crippen LogP contribution in [-0.2, 0) is 9.53 Å². The van der Waals surface area contributed by atoms with Gasteiger partial charge in [-0.15, -0.1) is 5.53 Å². The summed E-state index contributed by atoms with van der Waals surface area (Å²) in [7, 11) is 1.94. The molecule has 9 nitrogen and oxygen atoms in total. The number of allylic oxidation sites excluding steroid dienone is 1. The van der Waals surface area contributed by atoms with Gasteiger partial charge in [0.1, 0.15) is 17.3 Å². The van der Waals surface area contributed by atoms with Crippen LogP contribution in [0.15, 0.2) is 54.4 Å². The van der Waals surface area contributed by atoms with Crippen molar-refractivity contribution < 1.29 is 13.9 Å². The van der Waals surface area contributed by atoms with Crippen LogP contribution in [0.5, 0.6) is 0 Å². The van der Waals surface area contributed by atoms with Crippen LogP contribution in [0.25, 0.3) is 27.8 Å². The zero-order chi connectivity index (χ0) is 27.4. The number of fused-ring (bicyclic) bond motifs is 3. The van der Waals surface area contributed by atoms with Crippen LogP contribution in [0.1, 0.15) is 49.8 Å². The Kier molecular flexibility index (Phi) is 6.16. The number of hydrazine groups is 2. The number of benzene rings is 1. The molecular weight excluding hydrogens is 509 g/mol. The SMILES string of the molecule is CC1=C(c2cnc3c4ccc(NC(=O)C5CC5)nc4n([C@H](c4ccccc4F)C4CCOCC4)c3c2)N(C)NN1. The smallest absolute Gasteiger partial charge is 0.228 e. The molecule has 7 rings (SSSR count). The Morgan fingerprint density at radius 3 is 2.67 bits per heavy atom. The van der Waals surface area contributed by atoms with Gasteiger partial charge in [-0.05, 0) is 62.8 Å². The average Bonchev–Trinajstić information content (AvgIpc) is 3.71. The molecule has 2 aliphatic heterocycles. The summed E-state index contributed by atoms with van der Waals surface area (Å²) in [6, 6.07) is 12.6. The minimum absolute atomic E-state index is 0.00307. The third kappa shape index (κ3) is 4.28. The van der Waals surface area contributed by atoms with Gasteiger partial charge >= 0.3 is 0 Å². The van der Waals surface area contributed by atoms with Crippen LogP contribution in [-0.4, -0.2) is 45.7 Å². The lowest BCUT2D eigenvalue weighted by Crippen LogP contribution is -2.34. The maximum Gasteiger partial charge on any atom is 0.228 e. The number of ether oxygens (including phenoxy) is 1. The summed E-state index contributed by atoms with van der Waals surface area (Å²) in [5, 5.41) is 5.78. The van der Waals surface area contributed by atoms with Crippen LogP contribution in [0.2, 0.25) is 0 Å². The third-order valence-corrected chi connectivity index (χ3v) is 8.27. The molecule has 1 aromatic carbocycles. The normalized spacial score (nSPS) is 18.9. The molecule has 3 N–H and O–H groups in total. The van der Waals surface area contributed by atoms with Gasteiger partial charge in [0.25, 0.3) is 0 Å². The van der Waals surface area contributed by atoms with Crippen LogP contribution in [0, 0.1) is 17.7 Å². The summed E-state index contributed by atoms with van der Waals surface area (Å²) in [6.45, 7) is 3.26. The minimum Gasteiger partial charge on any atom is -0.381 e. The summed E-state index contributed by atoms with van der Waals surface area (Å²) in [6.07, 6.45) is 5.28. The molecule has 40 heavy (non-hydrogen) atoms. The lowest BCUT2D eigenvalue weighted by atomic mass is 9.86. The van der Waals surface area contributed by atoms with Crippen LogP contribution >= 0.6 is 0 Å². The number of anilines is 1. The van der Waals surface area contributed by atoms with Crippen molar-refractivity contribution in [2.75, 3.05) is 25.6 Å². The molecule has 4 aromatic rings. The van der Waals surface area contributed by atoms with Crippen molar-refractivity contribution >= 4 is 39.5 Å². The molecule has 0 bridgehead atoms. The van der Waals surface area contributed by atoms with E-state index < -0.39 is 0 Å². The van der Waals surface area contributed by atoms with Gasteiger partial charge in [0.2, 0.25) is 5.91 Å². The number of amides is 1. The molecule has 5 heterocycles. The van der Waals surface area contributed by atoms with E-state index in [1.807, 2.05) is 49.4 Å². The first kappa shape index (κ1) is 25.0. The highest BCUT2D eigenvalue weighted by molar-refractivity contribution is 6.06. The summed E-state index contributed by atoms with van der Waals surface area (Å²) in [4.78, 5) is 22.5. The molecular formula is C30H32FN7O2. The Hall–Kier alpha value is -4.02. The molecule has 1 saturated carbocycles. The molecule has 0 unspecified atom stereocenters. The van der Waals surface area contributed by atoms with Crippen molar-refractivity contribution in [3.63, 3.8) is 0 Å². The molecule has 1 aliphatic carbocycles. The standard InChI is InChI=1S/C30H32FN7O2/c1-17-27(37(2)36-35-17)20-15-24-26(32-16-20)22-9-10-25(34-30(39)19-7-8-19)33-29(22)38(24)28(18-11-13-40-14-12-18)21-5-3-4-6-23(21)31/h3-6,9-10,15-16,18-19,28,35-36H,7-8,11-14H2,1-2H3,(H,33,34,39)/t28-/m0/s1. The summed E-state index contributed by atoms with van der Waals surface area (Å²) >= 11 is 0. The molecule has 3 aromatic heterocycles. The van der Waals surface area contributed by atoms with Crippen molar-refractivity contribution in [3.05, 3.63) is 71.3 Å². The Labute approximate surface area is 231 Å². The first-order valence-corrected chi connectivity index (χ1v) is 13.9. The van der Waals surface area contributed by atoms with E-state index in [9.17, 15) is 4.79 Å². The molecule has 1 amide bonds. The molecule has 0 radical (unpaired) electrons. The second-order valence-corrected chi connectivity index (χ2v) is 11.0. The van der Waals surface area contributed by atoms with Crippen molar-refractivity contribution in [2.45, 2.75) is 38.6 Å². The van der Waals surface area contributed by atoms with Crippen molar-refractivity contribution in [1.29, 1.82) is 0 Å². The van der Waals surface area contributed by atoms with Crippen LogP contribution < -0.4 is 16.3 Å². The second-order valence-electron chi connectivity index (χ2n) is 11.0. The van der Waals surface area contributed by atoms with E-state index in [0.717, 1.165) is 59.1 Å². The van der Waals surface area contributed by atoms with Crippen LogP contribution in [0.3, 0.4) is 0 Å². The predicted octanol–water partition coefficient (Wildman–Crippen LogP) is 4.73. The van der Waals surface area contributed by atoms with Gasteiger partial charge in [-0.25, -0.2) is 9.37 Å². The van der Waals surface area contributed by atoms with Crippen molar-refractivity contribution in [2.24, 2.45) is 11.8 Å². The molecule has 0 spiro atoms. The van der Waals surface area contributed by atoms with Gasteiger partial charge in [0, 0.05) is 48.9 Å². The van der Waals surface area contributed by atoms with Crippen molar-refractivity contribution in [3.8, 4) is 0 Å². The summed E-state index contributed by atoms with van der Waals surface area (Å²) in [5.74, 6) is 0.423. The van der Waals surface area contributed by atoms with E-state index in [0.29, 0.717) is 30.2 Å². The lowest BCUT2D eigenvalue weighted by molar-refractivity contribution is -0.117. The topological polar surface area (TPSA) is 96.3 Å². The quantitative estimate of drug-likeness (QED) is 0.325. The number of hydrogen-bond acceptors (Lipinski definition) is 7. The highest BCUT2D eigenvalue weighted by atomic mass is 19.1. The van der Waals surface area contributed by atoms with Gasteiger partial charge < -0.3 is 20.0 Å². The Morgan fingerprint density at radius 1 is 1.15 bits per heavy atom. The number of aromatic nitrogens is 3. The highest BCUT2D eigenvalue weighted by Crippen LogP contribution is 2.41. The summed E-state index contributed by atoms with van der Waals surface area (Å²) in [5.41, 5.74) is 12.1. The predicted molar refractivity (Wildman–Crippen MR) is 151 cm³/mol. The molecule has 2 fully saturated rings. The fraction of sp³-hybridized carbons (Fsp3) is 0.367. The van der Waals surface area contributed by atoms with E-state index in [4.69, 9.17) is 14.7 Å². The lowest BCUT2D eigenvalue weighted by Gasteiger charge is -2.33. The Bertz CT molecular complexity index is 1650. The maximum absolute atomic E-state index is 15.6. The number of halogens is 1. The summed E-state index contributed by atoms with van der Waals surface area (Å²) < 4.78 is 23.4. The first-order chi connectivity index (χ1) is 19.5. The van der Waals surface area contributed by atoms with Gasteiger partial charge in [0.05, 0.1) is 28.5 Å². The van der Waals surface area contributed by atoms with E-state index in [2.05, 4.69) is 26.9 Å². The zero-order valence-electron chi connectivity index (χ0n) is 22.6. The zero-order valence-corrected chi connectivity index (χ0v) is 22.6. The van der Waals surface area contributed by atoms with Gasteiger partial charge in [-0.2, -0.15) is 0 Å². The van der Waals surface area contributed by atoms with Crippen molar-refractivity contribution in [1.82, 2.24) is 30.5 Å². The van der Waals surface area contributed by atoms with E-state index in [1.54, 1.807) is 6.07 Å². The average molecular weight is 542 g/mol. The molecule has 206 valence electrons. The molecule has 1 saturated heterocycles. The number of nitrogens with one attached hydrogen (secondary N) is 3. The first-order valence-electron chi connectivity index (χ1n) is 13.9. The third-order valence-electron chi connectivity index (χ3n) is 8.27. The van der Waals surface area contributed by atoms with Gasteiger partial charge in [-0.3, -0.25) is 14.8 Å². The Morgan fingerprint density at radius 2 is 1.95 bits per heavy atom. The molecule has 3 aliphatic rings. The largest absolute Gasteiger partial charge is 0.381 e. The number of carbonyl (C=O) groups excluding carboxylic acids is 1. The fourth-order valence-corrected chi connectivity index (χ4v) is 6.12. The number of nitrogens with zero attached hydrogens (tertiary/aromatic N) is 4. The van der Waals surface area contributed by atoms with E-state index in [1.165, 1.54) is 6.07 Å². The van der Waals surface area contributed by atoms with Gasteiger partial charge in [0.15, 0.2) is 0 Å². The second kappa shape index (κ2) is 9.87. The van der Waals surface area contributed by atoms with Gasteiger partial charge in [-0.1, -0.05) is 18.2 Å². The maximum atomic E-state index is 15.6. The van der Waals surface area contributed by atoms with E-state index >= 15 is 4.39 Å². The number of rotatable bonds is 6.